The van der Waals surface area contributed by atoms with E-state index in [1.807, 2.05) is 24.3 Å². The first-order chi connectivity index (χ1) is 12.3. The molecule has 0 bridgehead atoms. The van der Waals surface area contributed by atoms with Crippen LogP contribution in [0.2, 0.25) is 6.04 Å². The Kier molecular flexibility index (Phi) is 6.28. The molecule has 0 spiro atoms. The molecule has 0 fully saturated rings. The van der Waals surface area contributed by atoms with Crippen molar-refractivity contribution in [3.63, 3.8) is 0 Å². The van der Waals surface area contributed by atoms with Gasteiger partial charge in [-0.2, -0.15) is 0 Å². The molecule has 0 heterocycles. The molecule has 3 nitrogen and oxygen atoms in total. The van der Waals surface area contributed by atoms with Gasteiger partial charge in [0, 0.05) is 19.3 Å². The highest BCUT2D eigenvalue weighted by molar-refractivity contribution is 6.62. The minimum atomic E-state index is -3.03. The van der Waals surface area contributed by atoms with Crippen molar-refractivity contribution in [3.8, 4) is 0 Å². The Labute approximate surface area is 151 Å². The van der Waals surface area contributed by atoms with Crippen LogP contribution in [0.1, 0.15) is 57.8 Å². The summed E-state index contributed by atoms with van der Waals surface area (Å²) in [6, 6.07) is 0.550. The molecule has 0 saturated heterocycles. The maximum absolute atomic E-state index is 6.37. The van der Waals surface area contributed by atoms with Crippen LogP contribution >= 0.6 is 0 Å². The summed E-state index contributed by atoms with van der Waals surface area (Å²) in [6.45, 7) is 3.91. The minimum absolute atomic E-state index is 0.550. The summed E-state index contributed by atoms with van der Waals surface area (Å²) in [5, 5.41) is 0. The molecular weight excluding hydrogens is 328 g/mol. The fourth-order valence-corrected chi connectivity index (χ4v) is 5.38. The number of rotatable bonds is 8. The Morgan fingerprint density at radius 1 is 0.800 bits per heavy atom. The van der Waals surface area contributed by atoms with E-state index in [-0.39, 0.29) is 0 Å². The number of allylic oxidation sites excluding steroid dienone is 4. The summed E-state index contributed by atoms with van der Waals surface area (Å²) < 4.78 is 19.1. The molecule has 0 atom stereocenters. The van der Waals surface area contributed by atoms with Crippen LogP contribution in [0.25, 0.3) is 0 Å². The van der Waals surface area contributed by atoms with Gasteiger partial charge in [0.15, 0.2) is 0 Å². The molecule has 0 radical (unpaired) electrons. The fourth-order valence-electron chi connectivity index (χ4n) is 3.04. The van der Waals surface area contributed by atoms with Gasteiger partial charge in [0.25, 0.3) is 0 Å². The van der Waals surface area contributed by atoms with Crippen molar-refractivity contribution >= 4 is 8.80 Å². The molecule has 4 heteroatoms. The van der Waals surface area contributed by atoms with Crippen LogP contribution in [0.3, 0.4) is 0 Å². The highest BCUT2D eigenvalue weighted by atomic mass is 28.4. The van der Waals surface area contributed by atoms with Crippen LogP contribution in [-0.2, 0) is 13.3 Å². The molecule has 0 N–H and O–H groups in total. The topological polar surface area (TPSA) is 27.7 Å². The summed E-state index contributed by atoms with van der Waals surface area (Å²) in [6.07, 6.45) is 16.9. The summed E-state index contributed by atoms with van der Waals surface area (Å²) in [7, 11) is -3.03. The third-order valence-corrected chi connectivity index (χ3v) is 6.74. The Hall–Kier alpha value is -2.08. The highest BCUT2D eigenvalue weighted by Gasteiger charge is 2.49. The third-order valence-electron chi connectivity index (χ3n) is 4.28. The van der Waals surface area contributed by atoms with Crippen molar-refractivity contribution in [2.75, 3.05) is 0 Å². The van der Waals surface area contributed by atoms with E-state index in [9.17, 15) is 0 Å². The molecular formula is C21H26O3Si. The number of hydrogen-bond donors (Lipinski definition) is 0. The molecule has 3 rings (SSSR count). The van der Waals surface area contributed by atoms with Crippen LogP contribution < -0.4 is 0 Å². The zero-order valence-electron chi connectivity index (χ0n) is 14.8. The molecule has 0 unspecified atom stereocenters. The average molecular weight is 355 g/mol. The number of hydrogen-bond acceptors (Lipinski definition) is 3. The predicted molar refractivity (Wildman–Crippen MR) is 100 cm³/mol. The largest absolute Gasteiger partial charge is 0.703 e. The molecule has 0 aromatic heterocycles. The van der Waals surface area contributed by atoms with Gasteiger partial charge in [-0.05, 0) is 56.8 Å². The van der Waals surface area contributed by atoms with Crippen LogP contribution in [0.4, 0.5) is 0 Å². The summed E-state index contributed by atoms with van der Waals surface area (Å²) in [4.78, 5) is 0. The molecule has 3 aliphatic rings. The first kappa shape index (κ1) is 17.7. The molecule has 0 aliphatic heterocycles. The Morgan fingerprint density at radius 2 is 1.20 bits per heavy atom. The second-order valence-electron chi connectivity index (χ2n) is 6.47. The van der Waals surface area contributed by atoms with Crippen LogP contribution in [-0.4, -0.2) is 8.80 Å². The summed E-state index contributed by atoms with van der Waals surface area (Å²) >= 11 is 0. The van der Waals surface area contributed by atoms with Gasteiger partial charge in [-0.25, -0.2) is 0 Å². The second kappa shape index (κ2) is 8.85. The highest BCUT2D eigenvalue weighted by Crippen LogP contribution is 2.31. The lowest BCUT2D eigenvalue weighted by atomic mass is 10.1. The van der Waals surface area contributed by atoms with Gasteiger partial charge >= 0.3 is 8.80 Å². The van der Waals surface area contributed by atoms with Crippen molar-refractivity contribution < 1.29 is 13.3 Å². The SMILES string of the molecule is C=CC[Si](OC1=C=CCCC1)(OC1=C=CCCC1)OC1=C=CCCC1. The zero-order valence-corrected chi connectivity index (χ0v) is 15.8. The van der Waals surface area contributed by atoms with E-state index in [0.29, 0.717) is 6.04 Å². The maximum atomic E-state index is 6.37. The van der Waals surface area contributed by atoms with Gasteiger partial charge < -0.3 is 13.3 Å². The van der Waals surface area contributed by atoms with Gasteiger partial charge in [-0.3, -0.25) is 0 Å². The van der Waals surface area contributed by atoms with Crippen molar-refractivity contribution in [3.05, 3.63) is 65.4 Å². The first-order valence-corrected chi connectivity index (χ1v) is 11.2. The second-order valence-corrected chi connectivity index (χ2v) is 8.86. The molecule has 0 aromatic rings. The molecule has 0 amide bonds. The van der Waals surface area contributed by atoms with E-state index < -0.39 is 8.80 Å². The molecule has 0 saturated carbocycles. The van der Waals surface area contributed by atoms with Gasteiger partial charge in [0.2, 0.25) is 0 Å². The normalized spacial score (nSPS) is 19.6. The lowest BCUT2D eigenvalue weighted by molar-refractivity contribution is 0.133. The third kappa shape index (κ3) is 5.19. The van der Waals surface area contributed by atoms with E-state index in [2.05, 4.69) is 23.8 Å². The summed E-state index contributed by atoms with van der Waals surface area (Å²) in [5.41, 5.74) is 9.73. The molecule has 25 heavy (non-hydrogen) atoms. The lowest BCUT2D eigenvalue weighted by Gasteiger charge is -2.32. The molecule has 132 valence electrons. The van der Waals surface area contributed by atoms with E-state index in [4.69, 9.17) is 13.3 Å². The minimum Gasteiger partial charge on any atom is -0.480 e. The van der Waals surface area contributed by atoms with Crippen molar-refractivity contribution in [2.24, 2.45) is 0 Å². The predicted octanol–water partition coefficient (Wildman–Crippen LogP) is 5.83. The maximum Gasteiger partial charge on any atom is 0.703 e. The zero-order chi connectivity index (χ0) is 17.4. The Bertz CT molecular complexity index is 608. The van der Waals surface area contributed by atoms with Crippen molar-refractivity contribution in [1.82, 2.24) is 0 Å². The standard InChI is InChI=1S/C21H26O3Si/c1-2-18-25(22-19-12-6-3-7-13-19,23-20-14-8-4-9-15-20)24-21-16-10-5-11-17-21/h2,6,8,10H,1,3-5,7,9,11,13,15,17-18H2. The van der Waals surface area contributed by atoms with Crippen LogP contribution in [0, 0.1) is 0 Å². The monoisotopic (exact) mass is 354 g/mol. The first-order valence-electron chi connectivity index (χ1n) is 9.30. The van der Waals surface area contributed by atoms with Gasteiger partial charge in [-0.15, -0.1) is 6.58 Å². The van der Waals surface area contributed by atoms with E-state index >= 15 is 0 Å². The van der Waals surface area contributed by atoms with E-state index in [1.54, 1.807) is 0 Å². The van der Waals surface area contributed by atoms with Gasteiger partial charge in [0.05, 0.1) is 6.04 Å². The summed E-state index contributed by atoms with van der Waals surface area (Å²) in [5.74, 6) is 2.50. The Balaban J connectivity index is 1.90. The van der Waals surface area contributed by atoms with Crippen molar-refractivity contribution in [1.29, 1.82) is 0 Å². The van der Waals surface area contributed by atoms with E-state index in [1.165, 1.54) is 0 Å². The Morgan fingerprint density at radius 3 is 1.48 bits per heavy atom. The smallest absolute Gasteiger partial charge is 0.480 e. The van der Waals surface area contributed by atoms with Crippen LogP contribution in [0.5, 0.6) is 0 Å². The van der Waals surface area contributed by atoms with Gasteiger partial charge in [0.1, 0.15) is 17.3 Å². The fraction of sp³-hybridized carbons (Fsp3) is 0.476. The van der Waals surface area contributed by atoms with E-state index in [0.717, 1.165) is 75.1 Å². The molecule has 3 aliphatic carbocycles. The van der Waals surface area contributed by atoms with Gasteiger partial charge in [-0.1, -0.05) is 23.3 Å². The average Bonchev–Trinajstić information content (AvgIpc) is 2.64. The lowest BCUT2D eigenvalue weighted by Crippen LogP contribution is -2.44. The quantitative estimate of drug-likeness (QED) is 0.312. The van der Waals surface area contributed by atoms with Crippen molar-refractivity contribution in [2.45, 2.75) is 63.8 Å². The molecule has 0 aromatic carbocycles. The van der Waals surface area contributed by atoms with Crippen LogP contribution in [0.15, 0.2) is 65.4 Å².